The number of ketones is 2. The molecule has 0 aromatic rings. The van der Waals surface area contributed by atoms with Crippen molar-refractivity contribution in [1.29, 1.82) is 5.41 Å². The van der Waals surface area contributed by atoms with Gasteiger partial charge in [-0.3, -0.25) is 19.4 Å². The Morgan fingerprint density at radius 2 is 1.89 bits per heavy atom. The molecule has 0 aliphatic heterocycles. The predicted molar refractivity (Wildman–Crippen MR) is 144 cm³/mol. The predicted octanol–water partition coefficient (Wildman–Crippen LogP) is 4.48. The van der Waals surface area contributed by atoms with E-state index < -0.39 is 23.2 Å². The van der Waals surface area contributed by atoms with Crippen LogP contribution in [-0.2, 0) is 14.4 Å². The summed E-state index contributed by atoms with van der Waals surface area (Å²) in [6.07, 6.45) is 11.3. The lowest BCUT2D eigenvalue weighted by atomic mass is 9.71. The van der Waals surface area contributed by atoms with Crippen LogP contribution >= 0.6 is 0 Å². The molecule has 2 rings (SSSR count). The molecule has 7 heteroatoms. The molecular weight excluding hydrogens is 454 g/mol. The standard InChI is InChI=1S/C29H41N3O4/c1-18(31-19(2)28(36)32(7)17-21-12-10-8-9-11-13-21)24-16-23(34)14-22(24)15-25(35)26(29(4,5)6)27(30)20(3)33/h8,10-13,22-24,26,30,34H,2,9,14-17H2,1,3-7H3/b30-27?,31-18+/t22?,23-,24-,26-/m0/s1. The van der Waals surface area contributed by atoms with Crippen molar-refractivity contribution in [3.8, 4) is 0 Å². The molecule has 0 aromatic carbocycles. The molecule has 0 heterocycles. The van der Waals surface area contributed by atoms with Crippen LogP contribution in [0.15, 0.2) is 53.2 Å². The highest BCUT2D eigenvalue weighted by Gasteiger charge is 2.41. The van der Waals surface area contributed by atoms with Gasteiger partial charge in [0, 0.05) is 38.6 Å². The van der Waals surface area contributed by atoms with Crippen LogP contribution in [0, 0.1) is 28.6 Å². The van der Waals surface area contributed by atoms with Gasteiger partial charge < -0.3 is 15.4 Å². The largest absolute Gasteiger partial charge is 0.393 e. The Hall–Kier alpha value is -2.93. The highest BCUT2D eigenvalue weighted by atomic mass is 16.3. The topological polar surface area (TPSA) is 111 Å². The molecule has 36 heavy (non-hydrogen) atoms. The number of nitrogens with zero attached hydrogens (tertiary/aromatic N) is 2. The van der Waals surface area contributed by atoms with Crippen LogP contribution in [-0.4, -0.2) is 58.6 Å². The van der Waals surface area contributed by atoms with E-state index in [0.717, 1.165) is 12.0 Å². The second-order valence-corrected chi connectivity index (χ2v) is 11.1. The lowest BCUT2D eigenvalue weighted by Crippen LogP contribution is -2.39. The molecule has 1 saturated carbocycles. The van der Waals surface area contributed by atoms with E-state index in [1.165, 1.54) is 6.92 Å². The van der Waals surface area contributed by atoms with Crippen LogP contribution < -0.4 is 0 Å². The normalized spacial score (nSPS) is 23.0. The van der Waals surface area contributed by atoms with Gasteiger partial charge in [-0.15, -0.1) is 0 Å². The fourth-order valence-corrected chi connectivity index (χ4v) is 5.13. The molecule has 1 amide bonds. The fourth-order valence-electron chi connectivity index (χ4n) is 5.13. The molecular formula is C29H41N3O4. The van der Waals surface area contributed by atoms with Gasteiger partial charge in [-0.1, -0.05) is 57.7 Å². The van der Waals surface area contributed by atoms with E-state index in [4.69, 9.17) is 5.41 Å². The molecule has 2 aliphatic carbocycles. The lowest BCUT2D eigenvalue weighted by Gasteiger charge is -2.31. The highest BCUT2D eigenvalue weighted by Crippen LogP contribution is 2.39. The van der Waals surface area contributed by atoms with Gasteiger partial charge in [0.15, 0.2) is 5.78 Å². The third-order valence-corrected chi connectivity index (χ3v) is 6.90. The first-order chi connectivity index (χ1) is 16.7. The summed E-state index contributed by atoms with van der Waals surface area (Å²) in [5.74, 6) is -2.05. The maximum absolute atomic E-state index is 13.3. The smallest absolute Gasteiger partial charge is 0.271 e. The van der Waals surface area contributed by atoms with Crippen LogP contribution in [0.25, 0.3) is 0 Å². The van der Waals surface area contributed by atoms with Gasteiger partial charge in [0.05, 0.1) is 17.7 Å². The fraction of sp³-hybridized carbons (Fsp3) is 0.552. The number of amides is 1. The van der Waals surface area contributed by atoms with Crippen LogP contribution in [0.2, 0.25) is 0 Å². The van der Waals surface area contributed by atoms with Crippen molar-refractivity contribution in [3.63, 3.8) is 0 Å². The molecule has 0 aromatic heterocycles. The highest BCUT2D eigenvalue weighted by molar-refractivity contribution is 6.42. The number of hydrogen-bond acceptors (Lipinski definition) is 6. The number of nitrogens with one attached hydrogen (secondary N) is 1. The van der Waals surface area contributed by atoms with E-state index in [2.05, 4.69) is 11.6 Å². The van der Waals surface area contributed by atoms with E-state index in [1.807, 2.05) is 51.2 Å². The molecule has 0 saturated heterocycles. The van der Waals surface area contributed by atoms with E-state index >= 15 is 0 Å². The maximum atomic E-state index is 13.3. The monoisotopic (exact) mass is 495 g/mol. The number of carbonyl (C=O) groups excluding carboxylic acids is 3. The van der Waals surface area contributed by atoms with Crippen LogP contribution in [0.1, 0.15) is 60.3 Å². The van der Waals surface area contributed by atoms with E-state index in [-0.39, 0.29) is 41.4 Å². The maximum Gasteiger partial charge on any atom is 0.271 e. The van der Waals surface area contributed by atoms with Gasteiger partial charge in [-0.2, -0.15) is 0 Å². The first-order valence-electron chi connectivity index (χ1n) is 12.5. The quantitative estimate of drug-likeness (QED) is 0.344. The van der Waals surface area contributed by atoms with E-state index in [9.17, 15) is 19.5 Å². The molecule has 0 bridgehead atoms. The zero-order valence-corrected chi connectivity index (χ0v) is 22.5. The summed E-state index contributed by atoms with van der Waals surface area (Å²) in [5.41, 5.74) is 1.03. The molecule has 1 fully saturated rings. The molecule has 0 spiro atoms. The van der Waals surface area contributed by atoms with Crippen molar-refractivity contribution in [2.45, 2.75) is 66.4 Å². The first-order valence-corrected chi connectivity index (χ1v) is 12.5. The van der Waals surface area contributed by atoms with Gasteiger partial charge in [-0.05, 0) is 43.1 Å². The second kappa shape index (κ2) is 12.3. The first kappa shape index (κ1) is 29.3. The summed E-state index contributed by atoms with van der Waals surface area (Å²) >= 11 is 0. The SMILES string of the molecule is C=C(/N=C(\C)[C@@H]1C[C@@H](O)CC1CC(=O)[C@@H](C(=N)C(C)=O)C(C)(C)C)C(=O)N(C)CC1=CC=CCC=C1. The van der Waals surface area contributed by atoms with Crippen molar-refractivity contribution in [2.24, 2.45) is 28.2 Å². The summed E-state index contributed by atoms with van der Waals surface area (Å²) in [6.45, 7) is 13.0. The minimum Gasteiger partial charge on any atom is -0.393 e. The molecule has 2 aliphatic rings. The minimum atomic E-state index is -0.807. The number of aliphatic imine (C=N–C) groups is 1. The number of aliphatic hydroxyl groups excluding tert-OH is 1. The summed E-state index contributed by atoms with van der Waals surface area (Å²) in [5, 5.41) is 18.6. The molecule has 2 N–H and O–H groups in total. The summed E-state index contributed by atoms with van der Waals surface area (Å²) in [7, 11) is 1.71. The van der Waals surface area contributed by atoms with Crippen molar-refractivity contribution >= 4 is 28.9 Å². The Morgan fingerprint density at radius 1 is 1.22 bits per heavy atom. The number of rotatable bonds is 10. The zero-order chi connectivity index (χ0) is 27.2. The summed E-state index contributed by atoms with van der Waals surface area (Å²) in [4.78, 5) is 44.2. The van der Waals surface area contributed by atoms with Gasteiger partial charge in [0.2, 0.25) is 0 Å². The van der Waals surface area contributed by atoms with Crippen molar-refractivity contribution < 1.29 is 19.5 Å². The Balaban J connectivity index is 2.14. The van der Waals surface area contributed by atoms with Crippen LogP contribution in [0.3, 0.4) is 0 Å². The van der Waals surface area contributed by atoms with Gasteiger partial charge in [0.25, 0.3) is 5.91 Å². The Bertz CT molecular complexity index is 1030. The van der Waals surface area contributed by atoms with E-state index in [1.54, 1.807) is 18.9 Å². The van der Waals surface area contributed by atoms with Crippen molar-refractivity contribution in [3.05, 3.63) is 48.2 Å². The second-order valence-electron chi connectivity index (χ2n) is 11.1. The molecule has 196 valence electrons. The number of carbonyl (C=O) groups is 3. The summed E-state index contributed by atoms with van der Waals surface area (Å²) < 4.78 is 0. The Labute approximate surface area is 215 Å². The number of hydrogen-bond donors (Lipinski definition) is 2. The van der Waals surface area contributed by atoms with Crippen LogP contribution in [0.4, 0.5) is 0 Å². The third-order valence-electron chi connectivity index (χ3n) is 6.90. The Kier molecular flexibility index (Phi) is 10.1. The molecule has 7 nitrogen and oxygen atoms in total. The zero-order valence-electron chi connectivity index (χ0n) is 22.5. The molecule has 1 unspecified atom stereocenters. The minimum absolute atomic E-state index is 0.112. The van der Waals surface area contributed by atoms with Gasteiger partial charge in [-0.25, -0.2) is 0 Å². The third kappa shape index (κ3) is 7.79. The Morgan fingerprint density at radius 3 is 2.50 bits per heavy atom. The van der Waals surface area contributed by atoms with Gasteiger partial charge >= 0.3 is 0 Å². The number of likely N-dealkylation sites (N-methyl/N-ethyl adjacent to an activating group) is 1. The molecule has 0 radical (unpaired) electrons. The number of aliphatic hydroxyl groups is 1. The van der Waals surface area contributed by atoms with Crippen LogP contribution in [0.5, 0.6) is 0 Å². The average molecular weight is 496 g/mol. The molecule has 4 atom stereocenters. The average Bonchev–Trinajstić information content (AvgIpc) is 2.95. The van der Waals surface area contributed by atoms with Crippen molar-refractivity contribution in [1.82, 2.24) is 4.90 Å². The van der Waals surface area contributed by atoms with E-state index in [0.29, 0.717) is 25.1 Å². The number of allylic oxidation sites excluding steroid dienone is 4. The van der Waals surface area contributed by atoms with Crippen molar-refractivity contribution in [2.75, 3.05) is 13.6 Å². The van der Waals surface area contributed by atoms with Gasteiger partial charge in [0.1, 0.15) is 11.5 Å². The summed E-state index contributed by atoms with van der Waals surface area (Å²) in [6, 6.07) is 0. The number of Topliss-reactive ketones (excluding diaryl/α,β-unsaturated/α-hetero) is 2. The lowest BCUT2D eigenvalue weighted by molar-refractivity contribution is -0.126.